The SMILES string of the molecule is Cc1ccccc1C1Cc2ccc(C)c(C)c2N1. The van der Waals surface area contributed by atoms with Crippen molar-refractivity contribution in [3.63, 3.8) is 0 Å². The van der Waals surface area contributed by atoms with Crippen molar-refractivity contribution in [2.24, 2.45) is 0 Å². The lowest BCUT2D eigenvalue weighted by Crippen LogP contribution is -2.07. The summed E-state index contributed by atoms with van der Waals surface area (Å²) in [6.07, 6.45) is 1.10. The molecule has 1 heteroatoms. The zero-order valence-electron chi connectivity index (χ0n) is 11.2. The molecule has 0 aliphatic carbocycles. The zero-order valence-corrected chi connectivity index (χ0v) is 11.2. The van der Waals surface area contributed by atoms with Crippen LogP contribution in [0.3, 0.4) is 0 Å². The molecule has 1 atom stereocenters. The number of aryl methyl sites for hydroxylation is 2. The predicted octanol–water partition coefficient (Wildman–Crippen LogP) is 4.32. The third-order valence-electron chi connectivity index (χ3n) is 4.13. The first-order valence-corrected chi connectivity index (χ1v) is 6.58. The second kappa shape index (κ2) is 4.16. The van der Waals surface area contributed by atoms with Gasteiger partial charge in [-0.25, -0.2) is 0 Å². The normalized spacial score (nSPS) is 17.4. The molecule has 2 aromatic rings. The van der Waals surface area contributed by atoms with Gasteiger partial charge >= 0.3 is 0 Å². The minimum absolute atomic E-state index is 0.432. The van der Waals surface area contributed by atoms with E-state index in [4.69, 9.17) is 0 Å². The van der Waals surface area contributed by atoms with E-state index in [0.29, 0.717) is 6.04 Å². The van der Waals surface area contributed by atoms with E-state index in [9.17, 15) is 0 Å². The summed E-state index contributed by atoms with van der Waals surface area (Å²) >= 11 is 0. The largest absolute Gasteiger partial charge is 0.377 e. The molecule has 1 N–H and O–H groups in total. The van der Waals surface area contributed by atoms with E-state index >= 15 is 0 Å². The molecule has 1 nitrogen and oxygen atoms in total. The molecule has 1 aliphatic heterocycles. The summed E-state index contributed by atoms with van der Waals surface area (Å²) in [4.78, 5) is 0. The van der Waals surface area contributed by atoms with E-state index in [1.54, 1.807) is 0 Å². The van der Waals surface area contributed by atoms with Crippen LogP contribution < -0.4 is 5.32 Å². The molecule has 0 bridgehead atoms. The molecule has 0 saturated heterocycles. The molecular formula is C17H19N. The Hall–Kier alpha value is -1.76. The fraction of sp³-hybridized carbons (Fsp3) is 0.294. The molecule has 1 unspecified atom stereocenters. The summed E-state index contributed by atoms with van der Waals surface area (Å²) in [5.41, 5.74) is 8.35. The lowest BCUT2D eigenvalue weighted by molar-refractivity contribution is 0.816. The van der Waals surface area contributed by atoms with E-state index in [0.717, 1.165) is 6.42 Å². The number of nitrogens with one attached hydrogen (secondary N) is 1. The summed E-state index contributed by atoms with van der Waals surface area (Å²) in [7, 11) is 0. The van der Waals surface area contributed by atoms with E-state index < -0.39 is 0 Å². The number of hydrogen-bond donors (Lipinski definition) is 1. The van der Waals surface area contributed by atoms with Crippen molar-refractivity contribution in [1.29, 1.82) is 0 Å². The maximum absolute atomic E-state index is 3.70. The monoisotopic (exact) mass is 237 g/mol. The summed E-state index contributed by atoms with van der Waals surface area (Å²) in [5.74, 6) is 0. The summed E-state index contributed by atoms with van der Waals surface area (Å²) < 4.78 is 0. The molecule has 18 heavy (non-hydrogen) atoms. The zero-order chi connectivity index (χ0) is 12.7. The van der Waals surface area contributed by atoms with Crippen molar-refractivity contribution in [1.82, 2.24) is 0 Å². The van der Waals surface area contributed by atoms with Gasteiger partial charge in [0.15, 0.2) is 0 Å². The van der Waals surface area contributed by atoms with Gasteiger partial charge in [-0.05, 0) is 55.0 Å². The third-order valence-corrected chi connectivity index (χ3v) is 4.13. The van der Waals surface area contributed by atoms with E-state index in [-0.39, 0.29) is 0 Å². The van der Waals surface area contributed by atoms with Gasteiger partial charge in [-0.3, -0.25) is 0 Å². The molecule has 1 heterocycles. The Bertz CT molecular complexity index is 599. The van der Waals surface area contributed by atoms with Gasteiger partial charge < -0.3 is 5.32 Å². The average molecular weight is 237 g/mol. The lowest BCUT2D eigenvalue weighted by Gasteiger charge is -2.15. The van der Waals surface area contributed by atoms with Crippen LogP contribution in [0.15, 0.2) is 36.4 Å². The van der Waals surface area contributed by atoms with Crippen LogP contribution in [-0.4, -0.2) is 0 Å². The molecule has 0 spiro atoms. The van der Waals surface area contributed by atoms with E-state index in [1.165, 1.54) is 33.5 Å². The Balaban J connectivity index is 1.99. The van der Waals surface area contributed by atoms with E-state index in [1.807, 2.05) is 0 Å². The van der Waals surface area contributed by atoms with E-state index in [2.05, 4.69) is 62.5 Å². The molecule has 0 fully saturated rings. The van der Waals surface area contributed by atoms with Crippen LogP contribution in [0.2, 0.25) is 0 Å². The Morgan fingerprint density at radius 1 is 0.944 bits per heavy atom. The molecule has 3 rings (SSSR count). The highest BCUT2D eigenvalue weighted by atomic mass is 15.0. The van der Waals surface area contributed by atoms with Gasteiger partial charge in [0.05, 0.1) is 6.04 Å². The van der Waals surface area contributed by atoms with Crippen molar-refractivity contribution in [3.05, 3.63) is 64.2 Å². The van der Waals surface area contributed by atoms with Crippen LogP contribution in [0.4, 0.5) is 5.69 Å². The molecule has 92 valence electrons. The second-order valence-electron chi connectivity index (χ2n) is 5.30. The topological polar surface area (TPSA) is 12.0 Å². The summed E-state index contributed by atoms with van der Waals surface area (Å²) in [6, 6.07) is 13.6. The third kappa shape index (κ3) is 1.71. The molecule has 1 aliphatic rings. The number of fused-ring (bicyclic) bond motifs is 1. The minimum Gasteiger partial charge on any atom is -0.377 e. The van der Waals surface area contributed by atoms with Crippen LogP contribution in [0.25, 0.3) is 0 Å². The second-order valence-corrected chi connectivity index (χ2v) is 5.30. The van der Waals surface area contributed by atoms with Gasteiger partial charge in [0.1, 0.15) is 0 Å². The summed E-state index contributed by atoms with van der Waals surface area (Å²) in [5, 5.41) is 3.70. The van der Waals surface area contributed by atoms with Gasteiger partial charge in [-0.15, -0.1) is 0 Å². The first-order valence-electron chi connectivity index (χ1n) is 6.58. The molecule has 0 radical (unpaired) electrons. The minimum atomic E-state index is 0.432. The predicted molar refractivity (Wildman–Crippen MR) is 77.2 cm³/mol. The standard InChI is InChI=1S/C17H19N/c1-11-8-9-14-10-16(18-17(14)13(11)3)15-7-5-4-6-12(15)2/h4-9,16,18H,10H2,1-3H3. The summed E-state index contributed by atoms with van der Waals surface area (Å²) in [6.45, 7) is 6.58. The van der Waals surface area contributed by atoms with Gasteiger partial charge in [0.2, 0.25) is 0 Å². The first kappa shape index (κ1) is 11.3. The number of rotatable bonds is 1. The Morgan fingerprint density at radius 3 is 2.50 bits per heavy atom. The fourth-order valence-electron chi connectivity index (χ4n) is 2.85. The molecule has 0 amide bonds. The van der Waals surface area contributed by atoms with Crippen LogP contribution in [0.5, 0.6) is 0 Å². The van der Waals surface area contributed by atoms with Gasteiger partial charge in [0.25, 0.3) is 0 Å². The maximum atomic E-state index is 3.70. The molecule has 2 aromatic carbocycles. The average Bonchev–Trinajstić information content (AvgIpc) is 2.79. The van der Waals surface area contributed by atoms with Crippen molar-refractivity contribution in [2.75, 3.05) is 5.32 Å². The van der Waals surface area contributed by atoms with Crippen LogP contribution in [0.1, 0.15) is 33.9 Å². The number of hydrogen-bond acceptors (Lipinski definition) is 1. The van der Waals surface area contributed by atoms with Crippen LogP contribution in [-0.2, 0) is 6.42 Å². The van der Waals surface area contributed by atoms with Gasteiger partial charge in [-0.1, -0.05) is 36.4 Å². The Kier molecular flexibility index (Phi) is 2.62. The first-order chi connectivity index (χ1) is 8.66. The molecular weight excluding hydrogens is 218 g/mol. The Morgan fingerprint density at radius 2 is 1.72 bits per heavy atom. The lowest BCUT2D eigenvalue weighted by atomic mass is 9.98. The molecule has 0 aromatic heterocycles. The Labute approximate surface area is 109 Å². The highest BCUT2D eigenvalue weighted by Gasteiger charge is 2.24. The molecule has 0 saturated carbocycles. The van der Waals surface area contributed by atoms with Gasteiger partial charge in [-0.2, -0.15) is 0 Å². The van der Waals surface area contributed by atoms with Crippen LogP contribution >= 0.6 is 0 Å². The van der Waals surface area contributed by atoms with Crippen molar-refractivity contribution < 1.29 is 0 Å². The quantitative estimate of drug-likeness (QED) is 0.778. The van der Waals surface area contributed by atoms with Crippen molar-refractivity contribution in [2.45, 2.75) is 33.2 Å². The maximum Gasteiger partial charge on any atom is 0.0557 e. The highest BCUT2D eigenvalue weighted by Crippen LogP contribution is 2.38. The smallest absolute Gasteiger partial charge is 0.0557 e. The van der Waals surface area contributed by atoms with Crippen molar-refractivity contribution >= 4 is 5.69 Å². The number of benzene rings is 2. The van der Waals surface area contributed by atoms with Crippen molar-refractivity contribution in [3.8, 4) is 0 Å². The van der Waals surface area contributed by atoms with Crippen LogP contribution in [0, 0.1) is 20.8 Å². The highest BCUT2D eigenvalue weighted by molar-refractivity contribution is 5.65. The number of anilines is 1. The van der Waals surface area contributed by atoms with Gasteiger partial charge in [0, 0.05) is 5.69 Å². The fourth-order valence-corrected chi connectivity index (χ4v) is 2.85.